The van der Waals surface area contributed by atoms with Crippen LogP contribution in [0.15, 0.2) is 160 Å². The smallest absolute Gasteiger partial charge is 0.143 e. The first-order valence-electron chi connectivity index (χ1n) is 14.5. The van der Waals surface area contributed by atoms with Crippen LogP contribution in [-0.2, 0) is 0 Å². The Bertz CT molecular complexity index is 2450. The summed E-state index contributed by atoms with van der Waals surface area (Å²) in [6.07, 6.45) is 0. The number of furan rings is 2. The zero-order valence-electron chi connectivity index (χ0n) is 23.2. The van der Waals surface area contributed by atoms with E-state index in [4.69, 9.17) is 8.83 Å². The number of nitrogens with zero attached hydrogens (tertiary/aromatic N) is 1. The van der Waals surface area contributed by atoms with E-state index in [-0.39, 0.29) is 0 Å². The monoisotopic (exact) mass is 551 g/mol. The second-order valence-electron chi connectivity index (χ2n) is 10.9. The quantitative estimate of drug-likeness (QED) is 0.218. The molecule has 9 aromatic rings. The molecular formula is C40H25NO2. The largest absolute Gasteiger partial charge is 0.456 e. The first-order chi connectivity index (χ1) is 21.3. The Morgan fingerprint density at radius 3 is 1.88 bits per heavy atom. The number of anilines is 3. The Morgan fingerprint density at radius 2 is 1.05 bits per heavy atom. The van der Waals surface area contributed by atoms with Crippen molar-refractivity contribution in [2.24, 2.45) is 0 Å². The number of hydrogen-bond acceptors (Lipinski definition) is 3. The van der Waals surface area contributed by atoms with Gasteiger partial charge in [-0.3, -0.25) is 0 Å². The topological polar surface area (TPSA) is 29.5 Å². The highest BCUT2D eigenvalue weighted by atomic mass is 16.3. The minimum atomic E-state index is 0.881. The predicted molar refractivity (Wildman–Crippen MR) is 179 cm³/mol. The maximum atomic E-state index is 6.28. The predicted octanol–water partition coefficient (Wildman–Crippen LogP) is 11.8. The number of para-hydroxylation sites is 3. The van der Waals surface area contributed by atoms with Crippen LogP contribution in [0.4, 0.5) is 17.1 Å². The highest BCUT2D eigenvalue weighted by Crippen LogP contribution is 2.43. The molecule has 0 amide bonds. The van der Waals surface area contributed by atoms with Crippen LogP contribution in [0.5, 0.6) is 0 Å². The van der Waals surface area contributed by atoms with Crippen molar-refractivity contribution in [3.63, 3.8) is 0 Å². The minimum Gasteiger partial charge on any atom is -0.456 e. The molecule has 0 bridgehead atoms. The molecule has 7 aromatic carbocycles. The first kappa shape index (κ1) is 23.9. The molecule has 202 valence electrons. The molecule has 43 heavy (non-hydrogen) atoms. The van der Waals surface area contributed by atoms with Gasteiger partial charge < -0.3 is 13.7 Å². The Labute approximate surface area is 247 Å². The number of fused-ring (bicyclic) bond motifs is 8. The van der Waals surface area contributed by atoms with Crippen LogP contribution in [0.1, 0.15) is 0 Å². The van der Waals surface area contributed by atoms with Gasteiger partial charge in [0.2, 0.25) is 0 Å². The number of hydrogen-bond donors (Lipinski definition) is 0. The first-order valence-corrected chi connectivity index (χ1v) is 14.5. The lowest BCUT2D eigenvalue weighted by molar-refractivity contribution is 0.669. The van der Waals surface area contributed by atoms with Crippen LogP contribution >= 0.6 is 0 Å². The molecule has 0 spiro atoms. The molecule has 9 rings (SSSR count). The van der Waals surface area contributed by atoms with Crippen LogP contribution in [0.25, 0.3) is 65.8 Å². The van der Waals surface area contributed by atoms with Gasteiger partial charge in [-0.1, -0.05) is 84.9 Å². The molecule has 0 saturated carbocycles. The molecule has 3 heteroatoms. The average molecular weight is 552 g/mol. The normalized spacial score (nSPS) is 11.7. The lowest BCUT2D eigenvalue weighted by Crippen LogP contribution is -2.10. The minimum absolute atomic E-state index is 0.881. The number of rotatable bonds is 4. The van der Waals surface area contributed by atoms with Crippen molar-refractivity contribution < 1.29 is 8.83 Å². The van der Waals surface area contributed by atoms with Gasteiger partial charge in [-0.15, -0.1) is 0 Å². The van der Waals surface area contributed by atoms with Gasteiger partial charge in [-0.05, 0) is 83.2 Å². The summed E-state index contributed by atoms with van der Waals surface area (Å²) < 4.78 is 12.5. The Hall–Kier alpha value is -5.80. The van der Waals surface area contributed by atoms with E-state index in [9.17, 15) is 0 Å². The van der Waals surface area contributed by atoms with E-state index in [1.807, 2.05) is 30.3 Å². The third kappa shape index (κ3) is 3.75. The van der Waals surface area contributed by atoms with Crippen molar-refractivity contribution in [2.45, 2.75) is 0 Å². The third-order valence-electron chi connectivity index (χ3n) is 8.45. The van der Waals surface area contributed by atoms with E-state index in [2.05, 4.69) is 126 Å². The highest BCUT2D eigenvalue weighted by Gasteiger charge is 2.19. The fourth-order valence-corrected chi connectivity index (χ4v) is 6.44. The van der Waals surface area contributed by atoms with E-state index in [0.29, 0.717) is 0 Å². The SMILES string of the molecule is c1ccc(N(c2ccc(-c3ccc4c(ccc5c6ccccc6oc45)c3)cc2)c2cccc3oc4ccccc4c23)cc1. The summed E-state index contributed by atoms with van der Waals surface area (Å²) in [4.78, 5) is 2.31. The fourth-order valence-electron chi connectivity index (χ4n) is 6.44. The zero-order valence-corrected chi connectivity index (χ0v) is 23.2. The standard InChI is InChI=1S/C40H25NO2/c1-2-9-29(10-3-1)41(35-13-8-16-38-39(35)34-12-5-7-15-37(34)42-38)30-21-17-26(18-22-30)27-19-23-31-28(25-27)20-24-33-32-11-4-6-14-36(32)43-40(31)33/h1-25H. The second kappa shape index (κ2) is 9.37. The average Bonchev–Trinajstić information content (AvgIpc) is 3.65. The summed E-state index contributed by atoms with van der Waals surface area (Å²) in [5.74, 6) is 0. The van der Waals surface area contributed by atoms with Gasteiger partial charge in [0.1, 0.15) is 22.3 Å². The van der Waals surface area contributed by atoms with Gasteiger partial charge in [0.05, 0.1) is 11.1 Å². The fraction of sp³-hybridized carbons (Fsp3) is 0. The van der Waals surface area contributed by atoms with Crippen molar-refractivity contribution >= 4 is 71.7 Å². The molecule has 0 radical (unpaired) electrons. The molecule has 0 aliphatic rings. The van der Waals surface area contributed by atoms with Crippen LogP contribution in [-0.4, -0.2) is 0 Å². The molecule has 0 saturated heterocycles. The third-order valence-corrected chi connectivity index (χ3v) is 8.45. The van der Waals surface area contributed by atoms with Crippen molar-refractivity contribution in [3.8, 4) is 11.1 Å². The van der Waals surface area contributed by atoms with E-state index < -0.39 is 0 Å². The van der Waals surface area contributed by atoms with Crippen LogP contribution in [0.3, 0.4) is 0 Å². The molecule has 2 heterocycles. The van der Waals surface area contributed by atoms with Gasteiger partial charge in [-0.25, -0.2) is 0 Å². The molecule has 3 nitrogen and oxygen atoms in total. The van der Waals surface area contributed by atoms with Crippen LogP contribution in [0, 0.1) is 0 Å². The van der Waals surface area contributed by atoms with Crippen molar-refractivity contribution in [3.05, 3.63) is 152 Å². The van der Waals surface area contributed by atoms with Gasteiger partial charge in [0.15, 0.2) is 0 Å². The van der Waals surface area contributed by atoms with E-state index in [1.165, 1.54) is 5.56 Å². The number of benzene rings is 7. The summed E-state index contributed by atoms with van der Waals surface area (Å²) in [7, 11) is 0. The molecule has 0 aliphatic carbocycles. The van der Waals surface area contributed by atoms with Gasteiger partial charge in [0, 0.05) is 32.9 Å². The molecule has 0 unspecified atom stereocenters. The van der Waals surface area contributed by atoms with Crippen molar-refractivity contribution in [2.75, 3.05) is 4.90 Å². The summed E-state index contributed by atoms with van der Waals surface area (Å²) in [6, 6.07) is 53.1. The van der Waals surface area contributed by atoms with Gasteiger partial charge >= 0.3 is 0 Å². The second-order valence-corrected chi connectivity index (χ2v) is 10.9. The molecule has 2 aromatic heterocycles. The molecule has 0 aliphatic heterocycles. The highest BCUT2D eigenvalue weighted by molar-refractivity contribution is 6.16. The van der Waals surface area contributed by atoms with Crippen LogP contribution in [0.2, 0.25) is 0 Å². The maximum absolute atomic E-state index is 6.28. The van der Waals surface area contributed by atoms with Crippen molar-refractivity contribution in [1.82, 2.24) is 0 Å². The summed E-state index contributed by atoms with van der Waals surface area (Å²) in [6.45, 7) is 0. The van der Waals surface area contributed by atoms with Gasteiger partial charge in [0.25, 0.3) is 0 Å². The maximum Gasteiger partial charge on any atom is 0.143 e. The van der Waals surface area contributed by atoms with E-state index in [1.54, 1.807) is 0 Å². The summed E-state index contributed by atoms with van der Waals surface area (Å²) in [5, 5.41) is 6.82. The van der Waals surface area contributed by atoms with Crippen LogP contribution < -0.4 is 4.90 Å². The Balaban J connectivity index is 1.16. The zero-order chi connectivity index (χ0) is 28.3. The Morgan fingerprint density at radius 1 is 0.395 bits per heavy atom. The summed E-state index contributed by atoms with van der Waals surface area (Å²) >= 11 is 0. The van der Waals surface area contributed by atoms with Gasteiger partial charge in [-0.2, -0.15) is 0 Å². The van der Waals surface area contributed by atoms with E-state index in [0.717, 1.165) is 77.3 Å². The lowest BCUT2D eigenvalue weighted by Gasteiger charge is -2.26. The lowest BCUT2D eigenvalue weighted by atomic mass is 9.99. The summed E-state index contributed by atoms with van der Waals surface area (Å²) in [5.41, 5.74) is 9.23. The van der Waals surface area contributed by atoms with Crippen molar-refractivity contribution in [1.29, 1.82) is 0 Å². The molecule has 0 atom stereocenters. The Kier molecular flexibility index (Phi) is 5.20. The molecule has 0 N–H and O–H groups in total. The molecular weight excluding hydrogens is 526 g/mol. The van der Waals surface area contributed by atoms with E-state index >= 15 is 0 Å². The molecule has 0 fully saturated rings.